The maximum absolute atomic E-state index is 12.9. The van der Waals surface area contributed by atoms with Crippen LogP contribution < -0.4 is 0 Å². The largest absolute Gasteiger partial charge is 0.368 e. The number of nitrogens with zero attached hydrogens (tertiary/aromatic N) is 5. The summed E-state index contributed by atoms with van der Waals surface area (Å²) in [6.07, 6.45) is 1.15. The molecular formula is C17H15BrClN5O2. The highest BCUT2D eigenvalue weighted by molar-refractivity contribution is 9.10. The van der Waals surface area contributed by atoms with Gasteiger partial charge in [0.15, 0.2) is 0 Å². The number of halogens is 2. The molecular weight excluding hydrogens is 422 g/mol. The van der Waals surface area contributed by atoms with Crippen LogP contribution in [0, 0.1) is 6.92 Å². The third kappa shape index (κ3) is 3.32. The molecule has 1 atom stereocenters. The van der Waals surface area contributed by atoms with Gasteiger partial charge in [-0.3, -0.25) is 4.79 Å². The molecule has 7 nitrogen and oxygen atoms in total. The number of hydrogen-bond donors (Lipinski definition) is 0. The zero-order chi connectivity index (χ0) is 18.3. The number of benzene rings is 1. The van der Waals surface area contributed by atoms with E-state index in [0.717, 1.165) is 15.9 Å². The number of fused-ring (bicyclic) bond motifs is 1. The van der Waals surface area contributed by atoms with E-state index >= 15 is 0 Å². The summed E-state index contributed by atoms with van der Waals surface area (Å²) >= 11 is 9.46. The normalized spacial score (nSPS) is 17.7. The molecule has 4 rings (SSSR count). The van der Waals surface area contributed by atoms with E-state index in [1.165, 1.54) is 6.33 Å². The Bertz CT molecular complexity index is 972. The first-order valence-electron chi connectivity index (χ1n) is 8.05. The quantitative estimate of drug-likeness (QED) is 0.617. The number of aromatic nitrogens is 4. The van der Waals surface area contributed by atoms with Crippen LogP contribution in [-0.4, -0.2) is 50.1 Å². The molecule has 0 saturated carbocycles. The molecule has 3 heterocycles. The molecule has 0 aliphatic carbocycles. The first-order chi connectivity index (χ1) is 12.5. The van der Waals surface area contributed by atoms with E-state index in [1.807, 2.05) is 13.0 Å². The Morgan fingerprint density at radius 3 is 3.00 bits per heavy atom. The van der Waals surface area contributed by atoms with Crippen LogP contribution in [0.15, 0.2) is 35.1 Å². The van der Waals surface area contributed by atoms with Crippen LogP contribution in [0.5, 0.6) is 0 Å². The highest BCUT2D eigenvalue weighted by atomic mass is 79.9. The summed E-state index contributed by atoms with van der Waals surface area (Å²) in [4.78, 5) is 23.2. The van der Waals surface area contributed by atoms with Gasteiger partial charge in [0, 0.05) is 27.3 Å². The van der Waals surface area contributed by atoms with Crippen LogP contribution in [-0.2, 0) is 4.74 Å². The molecule has 1 aliphatic rings. The summed E-state index contributed by atoms with van der Waals surface area (Å²) < 4.78 is 8.34. The van der Waals surface area contributed by atoms with E-state index in [4.69, 9.17) is 16.3 Å². The summed E-state index contributed by atoms with van der Waals surface area (Å²) in [6.45, 7) is 3.27. The zero-order valence-corrected chi connectivity index (χ0v) is 16.2. The lowest BCUT2D eigenvalue weighted by atomic mass is 10.1. The Balaban J connectivity index is 1.63. The van der Waals surface area contributed by atoms with Crippen molar-refractivity contribution in [2.45, 2.75) is 13.0 Å². The SMILES string of the molecule is Cc1cc([C@@H]2CN(C(=O)c3cc(Cl)cc(Br)c3)CCO2)n2ncnc2n1. The predicted molar refractivity (Wildman–Crippen MR) is 99.3 cm³/mol. The minimum Gasteiger partial charge on any atom is -0.368 e. The zero-order valence-electron chi connectivity index (χ0n) is 13.9. The van der Waals surface area contributed by atoms with E-state index < -0.39 is 0 Å². The van der Waals surface area contributed by atoms with Gasteiger partial charge in [0.25, 0.3) is 11.7 Å². The average molecular weight is 437 g/mol. The van der Waals surface area contributed by atoms with Gasteiger partial charge in [0.05, 0.1) is 18.8 Å². The lowest BCUT2D eigenvalue weighted by Gasteiger charge is -2.33. The van der Waals surface area contributed by atoms with E-state index in [9.17, 15) is 4.79 Å². The number of carbonyl (C=O) groups is 1. The maximum Gasteiger partial charge on any atom is 0.254 e. The van der Waals surface area contributed by atoms with E-state index in [-0.39, 0.29) is 12.0 Å². The van der Waals surface area contributed by atoms with Crippen LogP contribution in [0.25, 0.3) is 5.78 Å². The Hall–Kier alpha value is -2.03. The minimum absolute atomic E-state index is 0.0814. The highest BCUT2D eigenvalue weighted by Crippen LogP contribution is 2.26. The van der Waals surface area contributed by atoms with Crippen molar-refractivity contribution >= 4 is 39.2 Å². The molecule has 1 amide bonds. The fourth-order valence-corrected chi connectivity index (χ4v) is 3.92. The highest BCUT2D eigenvalue weighted by Gasteiger charge is 2.28. The molecule has 1 saturated heterocycles. The van der Waals surface area contributed by atoms with Crippen molar-refractivity contribution in [3.8, 4) is 0 Å². The number of rotatable bonds is 2. The summed E-state index contributed by atoms with van der Waals surface area (Å²) in [7, 11) is 0. The van der Waals surface area contributed by atoms with Crippen molar-refractivity contribution in [1.82, 2.24) is 24.5 Å². The van der Waals surface area contributed by atoms with Gasteiger partial charge < -0.3 is 9.64 Å². The third-order valence-corrected chi connectivity index (χ3v) is 4.88. The number of carbonyl (C=O) groups excluding carboxylic acids is 1. The molecule has 1 aromatic carbocycles. The molecule has 0 N–H and O–H groups in total. The van der Waals surface area contributed by atoms with Crippen LogP contribution in [0.2, 0.25) is 5.02 Å². The van der Waals surface area contributed by atoms with Crippen LogP contribution in [0.4, 0.5) is 0 Å². The van der Waals surface area contributed by atoms with Gasteiger partial charge in [-0.1, -0.05) is 27.5 Å². The molecule has 1 aliphatic heterocycles. The van der Waals surface area contributed by atoms with E-state index in [2.05, 4.69) is 31.0 Å². The number of amides is 1. The van der Waals surface area contributed by atoms with Crippen LogP contribution >= 0.6 is 27.5 Å². The fraction of sp³-hybridized carbons (Fsp3) is 0.294. The molecule has 0 radical (unpaired) electrons. The van der Waals surface area contributed by atoms with Gasteiger partial charge >= 0.3 is 0 Å². The smallest absolute Gasteiger partial charge is 0.254 e. The molecule has 9 heteroatoms. The van der Waals surface area contributed by atoms with Crippen molar-refractivity contribution in [2.75, 3.05) is 19.7 Å². The van der Waals surface area contributed by atoms with Gasteiger partial charge in [0.1, 0.15) is 12.4 Å². The second-order valence-electron chi connectivity index (χ2n) is 6.06. The van der Waals surface area contributed by atoms with Crippen molar-refractivity contribution in [3.63, 3.8) is 0 Å². The molecule has 3 aromatic rings. The summed E-state index contributed by atoms with van der Waals surface area (Å²) in [6, 6.07) is 7.11. The number of ether oxygens (including phenoxy) is 1. The second-order valence-corrected chi connectivity index (χ2v) is 7.42. The number of hydrogen-bond acceptors (Lipinski definition) is 5. The van der Waals surface area contributed by atoms with Gasteiger partial charge in [-0.2, -0.15) is 14.6 Å². The Morgan fingerprint density at radius 2 is 2.19 bits per heavy atom. The van der Waals surface area contributed by atoms with Crippen LogP contribution in [0.1, 0.15) is 27.8 Å². The topological polar surface area (TPSA) is 72.6 Å². The standard InChI is InChI=1S/C17H15BrClN5O2/c1-10-4-14(24-17(22-10)20-9-21-24)15-8-23(2-3-26-15)16(25)11-5-12(18)7-13(19)6-11/h4-7,9,15H,2-3,8H2,1H3/t15-/m0/s1. The number of morpholine rings is 1. The lowest BCUT2D eigenvalue weighted by Crippen LogP contribution is -2.42. The predicted octanol–water partition coefficient (Wildman–Crippen LogP) is 3.06. The molecule has 134 valence electrons. The third-order valence-electron chi connectivity index (χ3n) is 4.20. The maximum atomic E-state index is 12.9. The van der Waals surface area contributed by atoms with E-state index in [0.29, 0.717) is 36.1 Å². The van der Waals surface area contributed by atoms with Gasteiger partial charge in [-0.15, -0.1) is 0 Å². The van der Waals surface area contributed by atoms with Gasteiger partial charge in [0.2, 0.25) is 0 Å². The Morgan fingerprint density at radius 1 is 1.35 bits per heavy atom. The summed E-state index contributed by atoms with van der Waals surface area (Å²) in [5.41, 5.74) is 2.20. The second kappa shape index (κ2) is 6.94. The molecule has 0 unspecified atom stereocenters. The molecule has 26 heavy (non-hydrogen) atoms. The van der Waals surface area contributed by atoms with E-state index in [1.54, 1.807) is 27.6 Å². The van der Waals surface area contributed by atoms with Crippen molar-refractivity contribution in [3.05, 3.63) is 57.0 Å². The summed E-state index contributed by atoms with van der Waals surface area (Å²) in [5.74, 6) is 0.438. The molecule has 2 aromatic heterocycles. The van der Waals surface area contributed by atoms with Gasteiger partial charge in [-0.05, 0) is 31.2 Å². The lowest BCUT2D eigenvalue weighted by molar-refractivity contribution is -0.0257. The average Bonchev–Trinajstić information content (AvgIpc) is 3.08. The van der Waals surface area contributed by atoms with Gasteiger partial charge in [-0.25, -0.2) is 4.98 Å². The Kier molecular flexibility index (Phi) is 4.64. The van der Waals surface area contributed by atoms with Crippen molar-refractivity contribution in [2.24, 2.45) is 0 Å². The molecule has 0 spiro atoms. The summed E-state index contributed by atoms with van der Waals surface area (Å²) in [5, 5.41) is 4.74. The monoisotopic (exact) mass is 435 g/mol. The molecule has 0 bridgehead atoms. The fourth-order valence-electron chi connectivity index (χ4n) is 3.06. The van der Waals surface area contributed by atoms with Crippen molar-refractivity contribution in [1.29, 1.82) is 0 Å². The Labute approximate surface area is 163 Å². The number of aryl methyl sites for hydroxylation is 1. The molecule has 1 fully saturated rings. The first kappa shape index (κ1) is 17.4. The van der Waals surface area contributed by atoms with Crippen molar-refractivity contribution < 1.29 is 9.53 Å². The first-order valence-corrected chi connectivity index (χ1v) is 9.22. The minimum atomic E-state index is -0.304. The van der Waals surface area contributed by atoms with Crippen LogP contribution in [0.3, 0.4) is 0 Å².